The summed E-state index contributed by atoms with van der Waals surface area (Å²) in [4.78, 5) is 0. The Kier molecular flexibility index (Phi) is 4.40. The third-order valence-corrected chi connectivity index (χ3v) is 4.60. The van der Waals surface area contributed by atoms with Crippen molar-refractivity contribution in [1.82, 2.24) is 0 Å². The Morgan fingerprint density at radius 2 is 2.10 bits per heavy atom. The number of halogens is 2. The molecule has 5 heteroatoms. The van der Waals surface area contributed by atoms with Crippen LogP contribution in [0.5, 0.6) is 11.5 Å². The summed E-state index contributed by atoms with van der Waals surface area (Å²) < 4.78 is 13.3. The van der Waals surface area contributed by atoms with Crippen molar-refractivity contribution < 1.29 is 9.47 Å². The molecule has 0 amide bonds. The molecule has 0 aliphatic carbocycles. The van der Waals surface area contributed by atoms with Crippen molar-refractivity contribution >= 4 is 37.5 Å². The summed E-state index contributed by atoms with van der Waals surface area (Å²) in [6.45, 7) is 0.761. The molecule has 0 spiro atoms. The Labute approximate surface area is 140 Å². The molecular weight excluding hydrogens is 398 g/mol. The average molecular weight is 413 g/mol. The Balaban J connectivity index is 1.62. The van der Waals surface area contributed by atoms with Crippen molar-refractivity contribution in [3.8, 4) is 11.5 Å². The maximum Gasteiger partial charge on any atom is 0.135 e. The van der Waals surface area contributed by atoms with Gasteiger partial charge in [0.2, 0.25) is 0 Å². The molecule has 1 aliphatic heterocycles. The first-order chi connectivity index (χ1) is 10.2. The van der Waals surface area contributed by atoms with Crippen LogP contribution in [-0.4, -0.2) is 19.8 Å². The van der Waals surface area contributed by atoms with E-state index in [1.54, 1.807) is 7.11 Å². The van der Waals surface area contributed by atoms with Gasteiger partial charge in [-0.15, -0.1) is 0 Å². The zero-order chi connectivity index (χ0) is 14.8. The molecule has 0 fully saturated rings. The van der Waals surface area contributed by atoms with E-state index in [0.717, 1.165) is 39.1 Å². The molecule has 0 saturated carbocycles. The van der Waals surface area contributed by atoms with Gasteiger partial charge in [-0.3, -0.25) is 0 Å². The van der Waals surface area contributed by atoms with E-state index in [-0.39, 0.29) is 6.10 Å². The summed E-state index contributed by atoms with van der Waals surface area (Å²) in [6, 6.07) is 12.1. The second-order valence-corrected chi connectivity index (χ2v) is 6.70. The van der Waals surface area contributed by atoms with Crippen molar-refractivity contribution in [2.45, 2.75) is 12.5 Å². The highest BCUT2D eigenvalue weighted by molar-refractivity contribution is 9.10. The fraction of sp³-hybridized carbons (Fsp3) is 0.250. The monoisotopic (exact) mass is 411 g/mol. The largest absolute Gasteiger partial charge is 0.495 e. The number of anilines is 1. The van der Waals surface area contributed by atoms with E-state index in [1.165, 1.54) is 5.56 Å². The van der Waals surface area contributed by atoms with E-state index in [9.17, 15) is 0 Å². The molecule has 1 aliphatic rings. The molecule has 2 aromatic rings. The summed E-state index contributed by atoms with van der Waals surface area (Å²) in [5.41, 5.74) is 2.28. The second kappa shape index (κ2) is 6.28. The summed E-state index contributed by atoms with van der Waals surface area (Å²) >= 11 is 6.95. The van der Waals surface area contributed by atoms with E-state index in [1.807, 2.05) is 30.3 Å². The lowest BCUT2D eigenvalue weighted by molar-refractivity contribution is 0.246. The van der Waals surface area contributed by atoms with Crippen molar-refractivity contribution in [3.05, 3.63) is 50.9 Å². The van der Waals surface area contributed by atoms with E-state index in [2.05, 4.69) is 43.2 Å². The summed E-state index contributed by atoms with van der Waals surface area (Å²) in [7, 11) is 1.67. The topological polar surface area (TPSA) is 30.5 Å². The molecule has 1 heterocycles. The molecular formula is C16H15Br2NO2. The number of benzene rings is 2. The van der Waals surface area contributed by atoms with Crippen molar-refractivity contribution in [1.29, 1.82) is 0 Å². The highest BCUT2D eigenvalue weighted by Crippen LogP contribution is 2.32. The minimum atomic E-state index is 0.156. The molecule has 0 saturated heterocycles. The number of hydrogen-bond donors (Lipinski definition) is 1. The van der Waals surface area contributed by atoms with Crippen LogP contribution in [0.3, 0.4) is 0 Å². The van der Waals surface area contributed by atoms with Gasteiger partial charge in [0.25, 0.3) is 0 Å². The maximum atomic E-state index is 5.94. The van der Waals surface area contributed by atoms with Gasteiger partial charge < -0.3 is 14.8 Å². The highest BCUT2D eigenvalue weighted by atomic mass is 79.9. The third kappa shape index (κ3) is 3.35. The molecule has 0 bridgehead atoms. The Morgan fingerprint density at radius 1 is 1.24 bits per heavy atom. The summed E-state index contributed by atoms with van der Waals surface area (Å²) in [5, 5.41) is 3.40. The van der Waals surface area contributed by atoms with Crippen LogP contribution in [0.25, 0.3) is 0 Å². The highest BCUT2D eigenvalue weighted by Gasteiger charge is 2.22. The Morgan fingerprint density at radius 3 is 2.90 bits per heavy atom. The smallest absolute Gasteiger partial charge is 0.135 e. The summed E-state index contributed by atoms with van der Waals surface area (Å²) in [6.07, 6.45) is 1.08. The number of hydrogen-bond acceptors (Lipinski definition) is 3. The van der Waals surface area contributed by atoms with Gasteiger partial charge in [-0.2, -0.15) is 0 Å². The molecule has 21 heavy (non-hydrogen) atoms. The van der Waals surface area contributed by atoms with Gasteiger partial charge in [-0.05, 0) is 51.8 Å². The molecule has 3 nitrogen and oxygen atoms in total. The van der Waals surface area contributed by atoms with Gasteiger partial charge in [0.15, 0.2) is 0 Å². The fourth-order valence-corrected chi connectivity index (χ4v) is 3.22. The molecule has 1 unspecified atom stereocenters. The van der Waals surface area contributed by atoms with Crippen LogP contribution in [0.15, 0.2) is 45.3 Å². The van der Waals surface area contributed by atoms with Gasteiger partial charge >= 0.3 is 0 Å². The quantitative estimate of drug-likeness (QED) is 0.793. The average Bonchev–Trinajstić information content (AvgIpc) is 2.88. The van der Waals surface area contributed by atoms with Crippen LogP contribution in [0, 0.1) is 0 Å². The molecule has 110 valence electrons. The van der Waals surface area contributed by atoms with Crippen LogP contribution >= 0.6 is 31.9 Å². The SMILES string of the molecule is COc1cc(NCC2Cc3cc(Br)ccc3O2)ccc1Br. The number of methoxy groups -OCH3 is 1. The summed E-state index contributed by atoms with van der Waals surface area (Å²) in [5.74, 6) is 1.80. The number of fused-ring (bicyclic) bond motifs is 1. The molecule has 3 rings (SSSR count). The molecule has 2 aromatic carbocycles. The first kappa shape index (κ1) is 14.7. The minimum absolute atomic E-state index is 0.156. The third-order valence-electron chi connectivity index (χ3n) is 3.45. The van der Waals surface area contributed by atoms with Gasteiger partial charge in [0, 0.05) is 22.6 Å². The second-order valence-electron chi connectivity index (χ2n) is 4.93. The van der Waals surface area contributed by atoms with Crippen molar-refractivity contribution in [3.63, 3.8) is 0 Å². The zero-order valence-corrected chi connectivity index (χ0v) is 14.7. The first-order valence-corrected chi connectivity index (χ1v) is 8.27. The van der Waals surface area contributed by atoms with Crippen LogP contribution in [0.1, 0.15) is 5.56 Å². The Bertz CT molecular complexity index is 661. The van der Waals surface area contributed by atoms with E-state index in [0.29, 0.717) is 0 Å². The maximum absolute atomic E-state index is 5.94. The lowest BCUT2D eigenvalue weighted by Crippen LogP contribution is -2.23. The molecule has 0 aromatic heterocycles. The predicted molar refractivity (Wildman–Crippen MR) is 91.4 cm³/mol. The lowest BCUT2D eigenvalue weighted by atomic mass is 10.1. The van der Waals surface area contributed by atoms with Gasteiger partial charge in [0.1, 0.15) is 17.6 Å². The van der Waals surface area contributed by atoms with E-state index in [4.69, 9.17) is 9.47 Å². The Hall–Kier alpha value is -1.20. The lowest BCUT2D eigenvalue weighted by Gasteiger charge is -2.14. The van der Waals surface area contributed by atoms with Crippen LogP contribution in [0.2, 0.25) is 0 Å². The molecule has 1 N–H and O–H groups in total. The van der Waals surface area contributed by atoms with Gasteiger partial charge in [-0.25, -0.2) is 0 Å². The van der Waals surface area contributed by atoms with Crippen LogP contribution in [0.4, 0.5) is 5.69 Å². The number of nitrogens with one attached hydrogen (secondary N) is 1. The number of ether oxygens (including phenoxy) is 2. The van der Waals surface area contributed by atoms with Crippen molar-refractivity contribution in [2.75, 3.05) is 19.0 Å². The number of rotatable bonds is 4. The predicted octanol–water partition coefficient (Wildman–Crippen LogP) is 4.64. The standard InChI is InChI=1S/C16H15Br2NO2/c1-20-16-8-12(3-4-14(16)18)19-9-13-7-10-6-11(17)2-5-15(10)21-13/h2-6,8,13,19H,7,9H2,1H3. The fourth-order valence-electron chi connectivity index (χ4n) is 2.40. The first-order valence-electron chi connectivity index (χ1n) is 6.68. The normalized spacial score (nSPS) is 16.2. The molecule has 0 radical (unpaired) electrons. The van der Waals surface area contributed by atoms with E-state index >= 15 is 0 Å². The van der Waals surface area contributed by atoms with Gasteiger partial charge in [-0.1, -0.05) is 15.9 Å². The van der Waals surface area contributed by atoms with E-state index < -0.39 is 0 Å². The zero-order valence-electron chi connectivity index (χ0n) is 11.5. The van der Waals surface area contributed by atoms with Crippen LogP contribution in [-0.2, 0) is 6.42 Å². The van der Waals surface area contributed by atoms with Crippen molar-refractivity contribution in [2.24, 2.45) is 0 Å². The van der Waals surface area contributed by atoms with Crippen LogP contribution < -0.4 is 14.8 Å². The van der Waals surface area contributed by atoms with Gasteiger partial charge in [0.05, 0.1) is 18.1 Å². The molecule has 1 atom stereocenters. The minimum Gasteiger partial charge on any atom is -0.495 e.